The molecular formula is C14H12FN3OS. The third-order valence-electron chi connectivity index (χ3n) is 3.10. The van der Waals surface area contributed by atoms with Crippen LogP contribution < -0.4 is 5.56 Å². The van der Waals surface area contributed by atoms with Gasteiger partial charge in [-0.15, -0.1) is 11.3 Å². The van der Waals surface area contributed by atoms with Crippen molar-refractivity contribution in [2.24, 2.45) is 0 Å². The van der Waals surface area contributed by atoms with Crippen LogP contribution in [0.3, 0.4) is 0 Å². The van der Waals surface area contributed by atoms with Crippen LogP contribution in [0.4, 0.5) is 4.39 Å². The number of rotatable bonds is 2. The summed E-state index contributed by atoms with van der Waals surface area (Å²) in [6.45, 7) is 4.30. The molecule has 3 rings (SSSR count). The fraction of sp³-hybridized carbons (Fsp3) is 0.214. The summed E-state index contributed by atoms with van der Waals surface area (Å²) in [5.41, 5.74) is 1.14. The number of hydrogen-bond acceptors (Lipinski definition) is 4. The molecule has 0 saturated heterocycles. The van der Waals surface area contributed by atoms with Crippen LogP contribution >= 0.6 is 11.3 Å². The van der Waals surface area contributed by atoms with Crippen LogP contribution in [0, 0.1) is 19.7 Å². The topological polar surface area (TPSA) is 47.8 Å². The van der Waals surface area contributed by atoms with E-state index in [-0.39, 0.29) is 5.56 Å². The number of aryl methyl sites for hydroxylation is 2. The number of aromatic nitrogens is 3. The molecule has 0 radical (unpaired) electrons. The van der Waals surface area contributed by atoms with Gasteiger partial charge >= 0.3 is 0 Å². The quantitative estimate of drug-likeness (QED) is 0.728. The summed E-state index contributed by atoms with van der Waals surface area (Å²) in [7, 11) is 0. The zero-order valence-electron chi connectivity index (χ0n) is 11.1. The Morgan fingerprint density at radius 3 is 2.85 bits per heavy atom. The highest BCUT2D eigenvalue weighted by Gasteiger charge is 2.09. The number of nitrogens with zero attached hydrogens (tertiary/aromatic N) is 3. The summed E-state index contributed by atoms with van der Waals surface area (Å²) >= 11 is 1.57. The molecule has 102 valence electrons. The Balaban J connectivity index is 2.09. The van der Waals surface area contributed by atoms with Gasteiger partial charge in [0.15, 0.2) is 0 Å². The molecule has 0 unspecified atom stereocenters. The van der Waals surface area contributed by atoms with Gasteiger partial charge in [0.1, 0.15) is 5.82 Å². The predicted octanol–water partition coefficient (Wildman–Crippen LogP) is 2.66. The maximum atomic E-state index is 13.1. The van der Waals surface area contributed by atoms with Crippen molar-refractivity contribution in [3.05, 3.63) is 56.3 Å². The van der Waals surface area contributed by atoms with Gasteiger partial charge in [0, 0.05) is 10.9 Å². The normalized spacial score (nSPS) is 11.2. The molecule has 0 atom stereocenters. The minimum Gasteiger partial charge on any atom is -0.293 e. The summed E-state index contributed by atoms with van der Waals surface area (Å²) in [4.78, 5) is 21.9. The van der Waals surface area contributed by atoms with Crippen molar-refractivity contribution in [3.63, 3.8) is 0 Å². The van der Waals surface area contributed by atoms with E-state index in [1.54, 1.807) is 11.3 Å². The van der Waals surface area contributed by atoms with Gasteiger partial charge in [-0.05, 0) is 26.0 Å². The molecule has 6 heteroatoms. The van der Waals surface area contributed by atoms with Crippen molar-refractivity contribution < 1.29 is 4.39 Å². The Labute approximate surface area is 118 Å². The lowest BCUT2D eigenvalue weighted by molar-refractivity contribution is 0.629. The first-order valence-corrected chi connectivity index (χ1v) is 6.94. The Kier molecular flexibility index (Phi) is 3.10. The maximum Gasteiger partial charge on any atom is 0.261 e. The van der Waals surface area contributed by atoms with Gasteiger partial charge in [-0.3, -0.25) is 9.36 Å². The Morgan fingerprint density at radius 1 is 1.35 bits per heavy atom. The molecule has 20 heavy (non-hydrogen) atoms. The number of fused-ring (bicyclic) bond motifs is 1. The zero-order valence-corrected chi connectivity index (χ0v) is 11.9. The van der Waals surface area contributed by atoms with E-state index in [4.69, 9.17) is 0 Å². The average molecular weight is 289 g/mol. The third kappa shape index (κ3) is 2.22. The van der Waals surface area contributed by atoms with Crippen LogP contribution in [0.5, 0.6) is 0 Å². The molecule has 0 aliphatic carbocycles. The van der Waals surface area contributed by atoms with E-state index in [0.29, 0.717) is 17.4 Å². The van der Waals surface area contributed by atoms with Gasteiger partial charge in [-0.2, -0.15) is 0 Å². The van der Waals surface area contributed by atoms with Crippen molar-refractivity contribution in [1.82, 2.24) is 14.5 Å². The fourth-order valence-corrected chi connectivity index (χ4v) is 3.06. The largest absolute Gasteiger partial charge is 0.293 e. The van der Waals surface area contributed by atoms with E-state index in [1.807, 2.05) is 13.8 Å². The molecule has 2 heterocycles. The van der Waals surface area contributed by atoms with Crippen molar-refractivity contribution >= 4 is 22.2 Å². The first-order chi connectivity index (χ1) is 9.54. The van der Waals surface area contributed by atoms with E-state index >= 15 is 0 Å². The smallest absolute Gasteiger partial charge is 0.261 e. The van der Waals surface area contributed by atoms with Crippen LogP contribution in [0.2, 0.25) is 0 Å². The lowest BCUT2D eigenvalue weighted by atomic mass is 10.2. The van der Waals surface area contributed by atoms with Crippen molar-refractivity contribution in [3.8, 4) is 0 Å². The van der Waals surface area contributed by atoms with Crippen LogP contribution in [0.1, 0.15) is 15.6 Å². The summed E-state index contributed by atoms with van der Waals surface area (Å²) in [5.74, 6) is -0.393. The molecule has 2 aromatic heterocycles. The van der Waals surface area contributed by atoms with Gasteiger partial charge in [0.05, 0.1) is 34.5 Å². The van der Waals surface area contributed by atoms with Gasteiger partial charge in [0.2, 0.25) is 0 Å². The van der Waals surface area contributed by atoms with Crippen LogP contribution in [-0.2, 0) is 6.54 Å². The number of thiazole rings is 1. The molecule has 0 saturated carbocycles. The monoisotopic (exact) mass is 289 g/mol. The number of halogens is 1. The molecule has 4 nitrogen and oxygen atoms in total. The molecule has 0 bridgehead atoms. The summed E-state index contributed by atoms with van der Waals surface area (Å²) in [6, 6.07) is 4.02. The van der Waals surface area contributed by atoms with Gasteiger partial charge in [-0.1, -0.05) is 0 Å². The zero-order chi connectivity index (χ0) is 14.3. The van der Waals surface area contributed by atoms with Gasteiger partial charge in [-0.25, -0.2) is 14.4 Å². The minimum absolute atomic E-state index is 0.166. The van der Waals surface area contributed by atoms with E-state index < -0.39 is 5.82 Å². The predicted molar refractivity (Wildman–Crippen MR) is 76.7 cm³/mol. The lowest BCUT2D eigenvalue weighted by Crippen LogP contribution is -2.21. The second kappa shape index (κ2) is 4.79. The number of benzene rings is 1. The first-order valence-electron chi connectivity index (χ1n) is 6.12. The fourth-order valence-electron chi connectivity index (χ4n) is 2.12. The Bertz CT molecular complexity index is 853. The molecule has 3 aromatic rings. The molecule has 0 fully saturated rings. The molecule has 1 aromatic carbocycles. The van der Waals surface area contributed by atoms with E-state index in [9.17, 15) is 9.18 Å². The van der Waals surface area contributed by atoms with E-state index in [2.05, 4.69) is 9.97 Å². The Morgan fingerprint density at radius 2 is 2.15 bits per heavy atom. The van der Waals surface area contributed by atoms with Crippen molar-refractivity contribution in [2.75, 3.05) is 0 Å². The summed E-state index contributed by atoms with van der Waals surface area (Å²) in [5, 5.41) is 1.40. The number of hydrogen-bond donors (Lipinski definition) is 0. The minimum atomic E-state index is -0.393. The summed E-state index contributed by atoms with van der Waals surface area (Å²) < 4.78 is 14.6. The lowest BCUT2D eigenvalue weighted by Gasteiger charge is -2.05. The van der Waals surface area contributed by atoms with Gasteiger partial charge < -0.3 is 0 Å². The molecule has 0 aliphatic rings. The van der Waals surface area contributed by atoms with E-state index in [0.717, 1.165) is 15.6 Å². The third-order valence-corrected chi connectivity index (χ3v) is 4.16. The molecule has 0 N–H and O–H groups in total. The highest BCUT2D eigenvalue weighted by Crippen LogP contribution is 2.18. The van der Waals surface area contributed by atoms with Crippen LogP contribution in [0.25, 0.3) is 10.9 Å². The average Bonchev–Trinajstić information content (AvgIpc) is 2.71. The van der Waals surface area contributed by atoms with E-state index in [1.165, 1.54) is 29.1 Å². The summed E-state index contributed by atoms with van der Waals surface area (Å²) in [6.07, 6.45) is 1.46. The first kappa shape index (κ1) is 12.9. The van der Waals surface area contributed by atoms with Gasteiger partial charge in [0.25, 0.3) is 5.56 Å². The molecule has 0 spiro atoms. The maximum absolute atomic E-state index is 13.1. The Hall–Kier alpha value is -2.08. The second-order valence-corrected chi connectivity index (χ2v) is 5.87. The molecule has 0 aliphatic heterocycles. The standard InChI is InChI=1S/C14H12FN3OS/c1-8-13(20-9(2)17-8)6-18-7-16-12-5-10(15)3-4-11(12)14(18)19/h3-5,7H,6H2,1-2H3. The highest BCUT2D eigenvalue weighted by atomic mass is 32.1. The molecular weight excluding hydrogens is 277 g/mol. The molecule has 0 amide bonds. The van der Waals surface area contributed by atoms with Crippen molar-refractivity contribution in [1.29, 1.82) is 0 Å². The van der Waals surface area contributed by atoms with Crippen LogP contribution in [-0.4, -0.2) is 14.5 Å². The van der Waals surface area contributed by atoms with Crippen LogP contribution in [0.15, 0.2) is 29.3 Å². The highest BCUT2D eigenvalue weighted by molar-refractivity contribution is 7.11. The SMILES string of the molecule is Cc1nc(C)c(Cn2cnc3cc(F)ccc3c2=O)s1. The van der Waals surface area contributed by atoms with Crippen molar-refractivity contribution in [2.45, 2.75) is 20.4 Å². The second-order valence-electron chi connectivity index (χ2n) is 4.58.